The van der Waals surface area contributed by atoms with Gasteiger partial charge in [-0.1, -0.05) is 40.2 Å². The molecular weight excluding hydrogens is 216 g/mol. The summed E-state index contributed by atoms with van der Waals surface area (Å²) in [7, 11) is 0. The monoisotopic (exact) mass is 226 g/mol. The molecule has 64 valence electrons. The van der Waals surface area contributed by atoms with E-state index in [0.29, 0.717) is 0 Å². The highest BCUT2D eigenvalue weighted by Gasteiger charge is 1.86. The van der Waals surface area contributed by atoms with Crippen molar-refractivity contribution in [2.75, 3.05) is 6.61 Å². The van der Waals surface area contributed by atoms with Crippen LogP contribution in [0.4, 0.5) is 0 Å². The van der Waals surface area contributed by atoms with Crippen molar-refractivity contribution in [3.8, 4) is 0 Å². The van der Waals surface area contributed by atoms with E-state index in [1.807, 2.05) is 36.4 Å². The largest absolute Gasteiger partial charge is 0.396 e. The van der Waals surface area contributed by atoms with Gasteiger partial charge in [0.1, 0.15) is 0 Å². The summed E-state index contributed by atoms with van der Waals surface area (Å²) < 4.78 is 1.09. The number of halogens is 1. The molecule has 0 aliphatic carbocycles. The van der Waals surface area contributed by atoms with Crippen LogP contribution in [0.25, 0.3) is 6.08 Å². The van der Waals surface area contributed by atoms with Crippen LogP contribution in [-0.2, 0) is 0 Å². The predicted octanol–water partition coefficient (Wildman–Crippen LogP) is 2.84. The maximum Gasteiger partial charge on any atom is 0.0465 e. The molecule has 0 aromatic heterocycles. The van der Waals surface area contributed by atoms with Gasteiger partial charge in [-0.05, 0) is 24.1 Å². The summed E-state index contributed by atoms with van der Waals surface area (Å²) in [5.74, 6) is 0. The van der Waals surface area contributed by atoms with Crippen LogP contribution in [0.3, 0.4) is 0 Å². The first kappa shape index (κ1) is 9.49. The van der Waals surface area contributed by atoms with Gasteiger partial charge >= 0.3 is 0 Å². The number of hydrogen-bond donors (Lipinski definition) is 1. The van der Waals surface area contributed by atoms with E-state index >= 15 is 0 Å². The summed E-state index contributed by atoms with van der Waals surface area (Å²) in [6, 6.07) is 8.05. The molecule has 2 heteroatoms. The lowest BCUT2D eigenvalue weighted by Crippen LogP contribution is -1.76. The minimum Gasteiger partial charge on any atom is -0.396 e. The average molecular weight is 227 g/mol. The molecule has 0 bridgehead atoms. The molecule has 1 aromatic rings. The van der Waals surface area contributed by atoms with Crippen molar-refractivity contribution in [2.24, 2.45) is 0 Å². The molecule has 0 fully saturated rings. The van der Waals surface area contributed by atoms with E-state index in [1.165, 1.54) is 0 Å². The SMILES string of the molecule is OCC/C=C/c1ccc(Br)cc1. The van der Waals surface area contributed by atoms with Crippen LogP contribution in [0.2, 0.25) is 0 Å². The minimum absolute atomic E-state index is 0.215. The van der Waals surface area contributed by atoms with Gasteiger partial charge in [-0.2, -0.15) is 0 Å². The van der Waals surface area contributed by atoms with Crippen LogP contribution in [0.1, 0.15) is 12.0 Å². The summed E-state index contributed by atoms with van der Waals surface area (Å²) in [5, 5.41) is 8.53. The molecule has 0 aliphatic rings. The fourth-order valence-corrected chi connectivity index (χ4v) is 1.13. The molecule has 0 saturated heterocycles. The quantitative estimate of drug-likeness (QED) is 0.841. The normalized spacial score (nSPS) is 10.8. The lowest BCUT2D eigenvalue weighted by Gasteiger charge is -1.92. The van der Waals surface area contributed by atoms with Gasteiger partial charge in [-0.15, -0.1) is 0 Å². The predicted molar refractivity (Wildman–Crippen MR) is 54.9 cm³/mol. The van der Waals surface area contributed by atoms with Gasteiger partial charge < -0.3 is 5.11 Å². The molecule has 0 unspecified atom stereocenters. The fourth-order valence-electron chi connectivity index (χ4n) is 0.868. The maximum atomic E-state index is 8.53. The Balaban J connectivity index is 2.58. The highest BCUT2D eigenvalue weighted by molar-refractivity contribution is 9.10. The van der Waals surface area contributed by atoms with Crippen molar-refractivity contribution >= 4 is 22.0 Å². The summed E-state index contributed by atoms with van der Waals surface area (Å²) in [6.07, 6.45) is 4.68. The van der Waals surface area contributed by atoms with Crippen molar-refractivity contribution in [1.82, 2.24) is 0 Å². The van der Waals surface area contributed by atoms with E-state index in [1.54, 1.807) is 0 Å². The molecule has 0 saturated carbocycles. The lowest BCUT2D eigenvalue weighted by atomic mass is 10.2. The maximum absolute atomic E-state index is 8.53. The molecule has 1 rings (SSSR count). The number of rotatable bonds is 3. The van der Waals surface area contributed by atoms with E-state index in [2.05, 4.69) is 15.9 Å². The fraction of sp³-hybridized carbons (Fsp3) is 0.200. The zero-order valence-electron chi connectivity index (χ0n) is 6.70. The van der Waals surface area contributed by atoms with Crippen LogP contribution in [-0.4, -0.2) is 11.7 Å². The zero-order valence-corrected chi connectivity index (χ0v) is 8.29. The average Bonchev–Trinajstić information content (AvgIpc) is 2.09. The lowest BCUT2D eigenvalue weighted by molar-refractivity contribution is 0.303. The molecule has 0 spiro atoms. The van der Waals surface area contributed by atoms with Gasteiger partial charge in [0.25, 0.3) is 0 Å². The van der Waals surface area contributed by atoms with E-state index in [-0.39, 0.29) is 6.61 Å². The number of aliphatic hydroxyl groups excluding tert-OH is 1. The second-order valence-corrected chi connectivity index (χ2v) is 3.38. The summed E-state index contributed by atoms with van der Waals surface area (Å²) >= 11 is 3.36. The van der Waals surface area contributed by atoms with Crippen LogP contribution in [0.15, 0.2) is 34.8 Å². The molecule has 0 aliphatic heterocycles. The number of benzene rings is 1. The minimum atomic E-state index is 0.215. The Bertz CT molecular complexity index is 251. The zero-order chi connectivity index (χ0) is 8.81. The third-order valence-corrected chi connectivity index (χ3v) is 2.00. The molecule has 0 atom stereocenters. The van der Waals surface area contributed by atoms with Gasteiger partial charge in [0.05, 0.1) is 0 Å². The Morgan fingerprint density at radius 3 is 2.50 bits per heavy atom. The molecule has 12 heavy (non-hydrogen) atoms. The highest BCUT2D eigenvalue weighted by Crippen LogP contribution is 2.11. The number of hydrogen-bond acceptors (Lipinski definition) is 1. The van der Waals surface area contributed by atoms with Crippen molar-refractivity contribution in [1.29, 1.82) is 0 Å². The summed E-state index contributed by atoms with van der Waals surface area (Å²) in [4.78, 5) is 0. The third kappa shape index (κ3) is 3.20. The van der Waals surface area contributed by atoms with Gasteiger partial charge in [-0.3, -0.25) is 0 Å². The summed E-state index contributed by atoms with van der Waals surface area (Å²) in [5.41, 5.74) is 1.16. The van der Waals surface area contributed by atoms with Gasteiger partial charge in [0.15, 0.2) is 0 Å². The first-order chi connectivity index (χ1) is 5.83. The molecule has 1 N–H and O–H groups in total. The van der Waals surface area contributed by atoms with E-state index in [0.717, 1.165) is 16.5 Å². The van der Waals surface area contributed by atoms with Crippen LogP contribution in [0, 0.1) is 0 Å². The van der Waals surface area contributed by atoms with Gasteiger partial charge in [0, 0.05) is 11.1 Å². The Hall–Kier alpha value is -0.600. The van der Waals surface area contributed by atoms with Crippen molar-refractivity contribution in [3.63, 3.8) is 0 Å². The molecule has 0 radical (unpaired) electrons. The van der Waals surface area contributed by atoms with Crippen molar-refractivity contribution in [3.05, 3.63) is 40.4 Å². The van der Waals surface area contributed by atoms with E-state index in [9.17, 15) is 0 Å². The molecule has 1 aromatic carbocycles. The van der Waals surface area contributed by atoms with E-state index in [4.69, 9.17) is 5.11 Å². The van der Waals surface area contributed by atoms with Gasteiger partial charge in [-0.25, -0.2) is 0 Å². The Labute approximate surface area is 80.9 Å². The van der Waals surface area contributed by atoms with E-state index < -0.39 is 0 Å². The smallest absolute Gasteiger partial charge is 0.0465 e. The second-order valence-electron chi connectivity index (χ2n) is 2.47. The van der Waals surface area contributed by atoms with Crippen LogP contribution >= 0.6 is 15.9 Å². The molecule has 0 amide bonds. The van der Waals surface area contributed by atoms with Gasteiger partial charge in [0.2, 0.25) is 0 Å². The number of aliphatic hydroxyl groups is 1. The Kier molecular flexibility index (Phi) is 4.05. The topological polar surface area (TPSA) is 20.2 Å². The molecule has 0 heterocycles. The molecule has 1 nitrogen and oxygen atoms in total. The Morgan fingerprint density at radius 1 is 1.25 bits per heavy atom. The van der Waals surface area contributed by atoms with Crippen LogP contribution < -0.4 is 0 Å². The third-order valence-electron chi connectivity index (χ3n) is 1.48. The van der Waals surface area contributed by atoms with Crippen LogP contribution in [0.5, 0.6) is 0 Å². The second kappa shape index (κ2) is 5.12. The van der Waals surface area contributed by atoms with Crippen molar-refractivity contribution in [2.45, 2.75) is 6.42 Å². The first-order valence-electron chi connectivity index (χ1n) is 3.86. The molecular formula is C10H11BrO. The first-order valence-corrected chi connectivity index (χ1v) is 4.65. The Morgan fingerprint density at radius 2 is 1.92 bits per heavy atom. The van der Waals surface area contributed by atoms with Crippen molar-refractivity contribution < 1.29 is 5.11 Å². The standard InChI is InChI=1S/C10H11BrO/c11-10-6-4-9(5-7-10)3-1-2-8-12/h1,3-7,12H,2,8H2/b3-1+. The highest BCUT2D eigenvalue weighted by atomic mass is 79.9. The summed E-state index contributed by atoms with van der Waals surface area (Å²) in [6.45, 7) is 0.215.